The molecule has 0 radical (unpaired) electrons. The van der Waals surface area contributed by atoms with Crippen molar-refractivity contribution in [3.63, 3.8) is 0 Å². The molecule has 0 saturated carbocycles. The molecular formula is C19H20N2O4S. The summed E-state index contributed by atoms with van der Waals surface area (Å²) >= 11 is 0. The number of ether oxygens (including phenoxy) is 1. The summed E-state index contributed by atoms with van der Waals surface area (Å²) in [4.78, 5) is 14.9. The van der Waals surface area contributed by atoms with Crippen LogP contribution in [-0.4, -0.2) is 52.1 Å². The van der Waals surface area contributed by atoms with E-state index in [2.05, 4.69) is 0 Å². The third kappa shape index (κ3) is 2.59. The molecule has 2 aliphatic heterocycles. The van der Waals surface area contributed by atoms with Gasteiger partial charge in [0.1, 0.15) is 0 Å². The molecule has 2 aromatic carbocycles. The molecular weight excluding hydrogens is 352 g/mol. The van der Waals surface area contributed by atoms with Crippen LogP contribution in [0.2, 0.25) is 0 Å². The Hall–Kier alpha value is -2.38. The van der Waals surface area contributed by atoms with Gasteiger partial charge >= 0.3 is 0 Å². The molecule has 0 aliphatic carbocycles. The first-order valence-corrected chi connectivity index (χ1v) is 10.1. The number of anilines is 1. The van der Waals surface area contributed by atoms with Crippen LogP contribution in [0.25, 0.3) is 11.1 Å². The number of hydrogen-bond donors (Lipinski definition) is 0. The lowest BCUT2D eigenvalue weighted by Gasteiger charge is -2.32. The molecule has 136 valence electrons. The van der Waals surface area contributed by atoms with Gasteiger partial charge in [0.05, 0.1) is 23.8 Å². The molecule has 0 unspecified atom stereocenters. The Bertz CT molecular complexity index is 965. The molecule has 2 aliphatic rings. The summed E-state index contributed by atoms with van der Waals surface area (Å²) in [6.07, 6.45) is 0. The van der Waals surface area contributed by atoms with E-state index in [9.17, 15) is 13.2 Å². The van der Waals surface area contributed by atoms with Crippen LogP contribution in [0.1, 0.15) is 17.3 Å². The van der Waals surface area contributed by atoms with E-state index in [1.807, 2.05) is 19.1 Å². The maximum Gasteiger partial charge on any atom is 0.264 e. The highest BCUT2D eigenvalue weighted by Crippen LogP contribution is 2.43. The van der Waals surface area contributed by atoms with Gasteiger partial charge in [-0.25, -0.2) is 8.42 Å². The number of morpholine rings is 1. The summed E-state index contributed by atoms with van der Waals surface area (Å²) in [5.41, 5.74) is 2.60. The number of amides is 1. The minimum Gasteiger partial charge on any atom is -0.378 e. The Morgan fingerprint density at radius 2 is 1.81 bits per heavy atom. The number of fused-ring (bicyclic) bond motifs is 3. The van der Waals surface area contributed by atoms with Crippen LogP contribution >= 0.6 is 0 Å². The lowest BCUT2D eigenvalue weighted by molar-refractivity contribution is 0.0303. The number of carbonyl (C=O) groups excluding carboxylic acids is 1. The third-order valence-corrected chi connectivity index (χ3v) is 6.79. The minimum absolute atomic E-state index is 0.0509. The van der Waals surface area contributed by atoms with Gasteiger partial charge in [-0.05, 0) is 31.2 Å². The van der Waals surface area contributed by atoms with Gasteiger partial charge < -0.3 is 9.64 Å². The number of carbonyl (C=O) groups is 1. The summed E-state index contributed by atoms with van der Waals surface area (Å²) in [6.45, 7) is 4.37. The van der Waals surface area contributed by atoms with Crippen molar-refractivity contribution in [2.24, 2.45) is 0 Å². The zero-order valence-corrected chi connectivity index (χ0v) is 15.3. The van der Waals surface area contributed by atoms with E-state index in [0.29, 0.717) is 49.7 Å². The number of sulfonamides is 1. The van der Waals surface area contributed by atoms with Gasteiger partial charge in [-0.1, -0.05) is 18.2 Å². The average molecular weight is 372 g/mol. The Morgan fingerprint density at radius 3 is 2.54 bits per heavy atom. The second-order valence-corrected chi connectivity index (χ2v) is 8.13. The Balaban J connectivity index is 1.84. The van der Waals surface area contributed by atoms with E-state index in [0.717, 1.165) is 5.56 Å². The first-order valence-electron chi connectivity index (χ1n) is 8.67. The fraction of sp³-hybridized carbons (Fsp3) is 0.316. The van der Waals surface area contributed by atoms with Crippen LogP contribution in [0.5, 0.6) is 0 Å². The van der Waals surface area contributed by atoms with Crippen molar-refractivity contribution in [2.75, 3.05) is 37.2 Å². The van der Waals surface area contributed by atoms with E-state index in [-0.39, 0.29) is 10.8 Å². The monoisotopic (exact) mass is 372 g/mol. The van der Waals surface area contributed by atoms with E-state index < -0.39 is 10.0 Å². The Kier molecular flexibility index (Phi) is 4.20. The summed E-state index contributed by atoms with van der Waals surface area (Å²) < 4.78 is 32.5. The highest BCUT2D eigenvalue weighted by atomic mass is 32.2. The molecule has 6 nitrogen and oxygen atoms in total. The minimum atomic E-state index is -3.58. The van der Waals surface area contributed by atoms with Crippen LogP contribution < -0.4 is 4.31 Å². The summed E-state index contributed by atoms with van der Waals surface area (Å²) in [5.74, 6) is -0.0509. The largest absolute Gasteiger partial charge is 0.378 e. The van der Waals surface area contributed by atoms with E-state index in [1.54, 1.807) is 35.2 Å². The average Bonchev–Trinajstić information content (AvgIpc) is 2.68. The topological polar surface area (TPSA) is 66.9 Å². The fourth-order valence-electron chi connectivity index (χ4n) is 3.55. The highest BCUT2D eigenvalue weighted by molar-refractivity contribution is 7.93. The molecule has 0 N–H and O–H groups in total. The molecule has 0 aromatic heterocycles. The number of hydrogen-bond acceptors (Lipinski definition) is 4. The van der Waals surface area contributed by atoms with Crippen molar-refractivity contribution in [1.82, 2.24) is 4.90 Å². The Labute approximate surface area is 153 Å². The summed E-state index contributed by atoms with van der Waals surface area (Å²) in [6, 6.07) is 12.2. The van der Waals surface area contributed by atoms with Crippen molar-refractivity contribution >= 4 is 21.6 Å². The van der Waals surface area contributed by atoms with Crippen LogP contribution in [-0.2, 0) is 14.8 Å². The van der Waals surface area contributed by atoms with Crippen LogP contribution in [0.3, 0.4) is 0 Å². The molecule has 1 amide bonds. The quantitative estimate of drug-likeness (QED) is 0.812. The van der Waals surface area contributed by atoms with Crippen molar-refractivity contribution in [1.29, 1.82) is 0 Å². The van der Waals surface area contributed by atoms with Crippen molar-refractivity contribution < 1.29 is 17.9 Å². The second-order valence-electron chi connectivity index (χ2n) is 6.30. The maximum absolute atomic E-state index is 12.9. The normalized spacial score (nSPS) is 18.2. The van der Waals surface area contributed by atoms with Crippen LogP contribution in [0.4, 0.5) is 5.69 Å². The molecule has 0 spiro atoms. The lowest BCUT2D eigenvalue weighted by Crippen LogP contribution is -2.40. The Morgan fingerprint density at radius 1 is 1.08 bits per heavy atom. The molecule has 0 bridgehead atoms. The van der Waals surface area contributed by atoms with Crippen LogP contribution in [0.15, 0.2) is 47.4 Å². The van der Waals surface area contributed by atoms with E-state index in [4.69, 9.17) is 4.74 Å². The number of rotatable bonds is 2. The molecule has 7 heteroatoms. The van der Waals surface area contributed by atoms with Gasteiger partial charge in [-0.15, -0.1) is 0 Å². The third-order valence-electron chi connectivity index (χ3n) is 4.84. The molecule has 2 aromatic rings. The standard InChI is InChI=1S/C19H20N2O4S/c1-2-21-17-8-7-14(19(22)20-9-11-25-12-10-20)13-16(17)15-5-3-4-6-18(15)26(21,23)24/h3-8,13H,2,9-12H2,1H3. The van der Waals surface area contributed by atoms with Gasteiger partial charge in [-0.3, -0.25) is 9.10 Å². The van der Waals surface area contributed by atoms with Gasteiger partial charge in [0.2, 0.25) is 0 Å². The smallest absolute Gasteiger partial charge is 0.264 e. The predicted molar refractivity (Wildman–Crippen MR) is 98.8 cm³/mol. The molecule has 0 atom stereocenters. The molecule has 1 saturated heterocycles. The van der Waals surface area contributed by atoms with Crippen molar-refractivity contribution in [3.8, 4) is 11.1 Å². The molecule has 1 fully saturated rings. The number of nitrogens with zero attached hydrogens (tertiary/aromatic N) is 2. The zero-order valence-electron chi connectivity index (χ0n) is 14.5. The lowest BCUT2D eigenvalue weighted by atomic mass is 9.99. The van der Waals surface area contributed by atoms with E-state index in [1.165, 1.54) is 4.31 Å². The number of benzene rings is 2. The molecule has 26 heavy (non-hydrogen) atoms. The van der Waals surface area contributed by atoms with Crippen molar-refractivity contribution in [3.05, 3.63) is 48.0 Å². The first-order chi connectivity index (χ1) is 12.5. The van der Waals surface area contributed by atoms with Gasteiger partial charge in [0.25, 0.3) is 15.9 Å². The van der Waals surface area contributed by atoms with Gasteiger partial charge in [0, 0.05) is 36.3 Å². The van der Waals surface area contributed by atoms with E-state index >= 15 is 0 Å². The summed E-state index contributed by atoms with van der Waals surface area (Å²) in [7, 11) is -3.58. The predicted octanol–water partition coefficient (Wildman–Crippen LogP) is 2.35. The van der Waals surface area contributed by atoms with Gasteiger partial charge in [-0.2, -0.15) is 0 Å². The molecule has 2 heterocycles. The summed E-state index contributed by atoms with van der Waals surface area (Å²) in [5, 5.41) is 0. The second kappa shape index (κ2) is 6.41. The fourth-order valence-corrected chi connectivity index (χ4v) is 5.26. The maximum atomic E-state index is 12.9. The van der Waals surface area contributed by atoms with Crippen LogP contribution in [0, 0.1) is 0 Å². The SMILES string of the molecule is CCN1c2ccc(C(=O)N3CCOCC3)cc2-c2ccccc2S1(=O)=O. The van der Waals surface area contributed by atoms with Crippen molar-refractivity contribution in [2.45, 2.75) is 11.8 Å². The zero-order chi connectivity index (χ0) is 18.3. The molecule has 4 rings (SSSR count). The first kappa shape index (κ1) is 17.1. The van der Waals surface area contributed by atoms with Gasteiger partial charge in [0.15, 0.2) is 0 Å². The highest BCUT2D eigenvalue weighted by Gasteiger charge is 2.34.